The van der Waals surface area contributed by atoms with Gasteiger partial charge in [-0.2, -0.15) is 0 Å². The van der Waals surface area contributed by atoms with E-state index in [1.165, 1.54) is 0 Å². The number of aliphatic hydroxyl groups excluding tert-OH is 2. The molecule has 17 heavy (non-hydrogen) atoms. The lowest BCUT2D eigenvalue weighted by Gasteiger charge is -2.34. The first-order chi connectivity index (χ1) is 8.23. The van der Waals surface area contributed by atoms with Gasteiger partial charge in [-0.25, -0.2) is 0 Å². The molecule has 4 nitrogen and oxygen atoms in total. The van der Waals surface area contributed by atoms with Gasteiger partial charge in [0.1, 0.15) is 12.4 Å². The van der Waals surface area contributed by atoms with Gasteiger partial charge in [0.05, 0.1) is 17.4 Å². The van der Waals surface area contributed by atoms with Crippen LogP contribution in [0.25, 0.3) is 0 Å². The van der Waals surface area contributed by atoms with Crippen molar-refractivity contribution in [2.45, 2.75) is 4.08 Å². The number of ketones is 1. The number of hydrogen-bond acceptors (Lipinski definition) is 6. The predicted octanol–water partition coefficient (Wildman–Crippen LogP) is 1.32. The summed E-state index contributed by atoms with van der Waals surface area (Å²) in [7, 11) is 0. The van der Waals surface area contributed by atoms with Crippen LogP contribution in [0, 0.1) is 0 Å². The van der Waals surface area contributed by atoms with Crippen LogP contribution in [0.4, 0.5) is 0 Å². The summed E-state index contributed by atoms with van der Waals surface area (Å²) < 4.78 is 4.58. The molecule has 0 atom stereocenters. The summed E-state index contributed by atoms with van der Waals surface area (Å²) >= 11 is 2.16. The molecule has 0 bridgehead atoms. The lowest BCUT2D eigenvalue weighted by Crippen LogP contribution is -2.42. The Kier molecular flexibility index (Phi) is 3.98. The van der Waals surface area contributed by atoms with Gasteiger partial charge in [0.2, 0.25) is 0 Å². The fourth-order valence-corrected chi connectivity index (χ4v) is 3.52. The van der Waals surface area contributed by atoms with Crippen molar-refractivity contribution in [3.05, 3.63) is 29.8 Å². The lowest BCUT2D eigenvalue weighted by atomic mass is 10.0. The van der Waals surface area contributed by atoms with Crippen molar-refractivity contribution in [2.75, 3.05) is 18.5 Å². The average Bonchev–Trinajstić information content (AvgIpc) is 2.35. The summed E-state index contributed by atoms with van der Waals surface area (Å²) in [5.74, 6) is 0.0665. The fourth-order valence-electron chi connectivity index (χ4n) is 1.69. The number of carbonyl (C=O) groups excluding carboxylic acids is 1. The molecule has 92 valence electrons. The van der Waals surface area contributed by atoms with Crippen molar-refractivity contribution in [3.8, 4) is 5.75 Å². The Labute approximate surface area is 107 Å². The van der Waals surface area contributed by atoms with Crippen molar-refractivity contribution in [1.29, 1.82) is 0 Å². The molecule has 1 heterocycles. The number of hydrogen-bond donors (Lipinski definition) is 2. The van der Waals surface area contributed by atoms with E-state index < -0.39 is 4.08 Å². The van der Waals surface area contributed by atoms with Crippen LogP contribution in [-0.2, 0) is 0 Å². The largest absolute Gasteiger partial charge is 0.490 e. The number of ether oxygens (including phenoxy) is 1. The van der Waals surface area contributed by atoms with Gasteiger partial charge in [-0.3, -0.25) is 4.79 Å². The minimum absolute atomic E-state index is 0.113. The Balaban J connectivity index is 2.36. The van der Waals surface area contributed by atoms with Crippen LogP contribution >= 0.6 is 23.5 Å². The molecule has 0 aliphatic carbocycles. The molecule has 0 saturated heterocycles. The maximum absolute atomic E-state index is 12.4. The van der Waals surface area contributed by atoms with E-state index in [1.54, 1.807) is 24.3 Å². The zero-order valence-electron chi connectivity index (χ0n) is 8.96. The first kappa shape index (κ1) is 12.8. The summed E-state index contributed by atoms with van der Waals surface area (Å²) in [5.41, 5.74) is 0.501. The van der Waals surface area contributed by atoms with Gasteiger partial charge in [-0.15, -0.1) is 23.5 Å². The van der Waals surface area contributed by atoms with Crippen LogP contribution in [0.3, 0.4) is 0 Å². The molecule has 6 heteroatoms. The minimum atomic E-state index is -0.947. The summed E-state index contributed by atoms with van der Waals surface area (Å²) in [6.07, 6.45) is 0. The van der Waals surface area contributed by atoms with E-state index in [9.17, 15) is 4.79 Å². The predicted molar refractivity (Wildman–Crippen MR) is 68.4 cm³/mol. The highest BCUT2D eigenvalue weighted by atomic mass is 32.2. The molecule has 0 unspecified atom stereocenters. The number of benzene rings is 1. The van der Waals surface area contributed by atoms with Gasteiger partial charge < -0.3 is 14.9 Å². The van der Waals surface area contributed by atoms with Crippen LogP contribution in [0.1, 0.15) is 10.4 Å². The zero-order valence-corrected chi connectivity index (χ0v) is 10.6. The van der Waals surface area contributed by atoms with E-state index in [0.717, 1.165) is 23.5 Å². The quantitative estimate of drug-likeness (QED) is 0.806. The van der Waals surface area contributed by atoms with Crippen LogP contribution in [0.5, 0.6) is 5.75 Å². The van der Waals surface area contributed by atoms with E-state index in [1.807, 2.05) is 0 Å². The molecule has 0 spiro atoms. The van der Waals surface area contributed by atoms with Crippen molar-refractivity contribution in [2.24, 2.45) is 0 Å². The molecule has 2 rings (SSSR count). The number of aliphatic hydroxyl groups is 2. The summed E-state index contributed by atoms with van der Waals surface area (Å²) in [6.45, 7) is 0.152. The van der Waals surface area contributed by atoms with E-state index in [-0.39, 0.29) is 24.3 Å². The van der Waals surface area contributed by atoms with Crippen molar-refractivity contribution >= 4 is 29.3 Å². The second-order valence-corrected chi connectivity index (χ2v) is 6.16. The van der Waals surface area contributed by atoms with Crippen LogP contribution in [-0.4, -0.2) is 38.6 Å². The van der Waals surface area contributed by atoms with Crippen LogP contribution < -0.4 is 4.74 Å². The zero-order chi connectivity index (χ0) is 12.3. The van der Waals surface area contributed by atoms with Gasteiger partial charge >= 0.3 is 0 Å². The summed E-state index contributed by atoms with van der Waals surface area (Å²) in [4.78, 5) is 12.4. The van der Waals surface area contributed by atoms with E-state index >= 15 is 0 Å². The number of carbonyl (C=O) groups is 1. The Morgan fingerprint density at radius 1 is 1.24 bits per heavy atom. The summed E-state index contributed by atoms with van der Waals surface area (Å²) in [6, 6.07) is 7.01. The SMILES string of the molecule is O=C1c2ccccc2OCC1(SCO)SCO. The van der Waals surface area contributed by atoms with E-state index in [4.69, 9.17) is 14.9 Å². The second kappa shape index (κ2) is 5.30. The Hall–Kier alpha value is -0.690. The smallest absolute Gasteiger partial charge is 0.196 e. The third-order valence-electron chi connectivity index (χ3n) is 2.49. The van der Waals surface area contributed by atoms with Crippen molar-refractivity contribution < 1.29 is 19.7 Å². The summed E-state index contributed by atoms with van der Waals surface area (Å²) in [5, 5.41) is 18.1. The number of para-hydroxylation sites is 1. The third-order valence-corrected chi connectivity index (χ3v) is 5.00. The Morgan fingerprint density at radius 2 is 1.88 bits per heavy atom. The average molecular weight is 272 g/mol. The van der Waals surface area contributed by atoms with Crippen LogP contribution in [0.2, 0.25) is 0 Å². The lowest BCUT2D eigenvalue weighted by molar-refractivity contribution is 0.0924. The highest BCUT2D eigenvalue weighted by molar-refractivity contribution is 8.19. The molecule has 0 amide bonds. The normalized spacial score (nSPS) is 17.4. The van der Waals surface area contributed by atoms with Crippen molar-refractivity contribution in [1.82, 2.24) is 0 Å². The Morgan fingerprint density at radius 3 is 2.53 bits per heavy atom. The maximum Gasteiger partial charge on any atom is 0.196 e. The monoisotopic (exact) mass is 272 g/mol. The second-order valence-electron chi connectivity index (χ2n) is 3.41. The highest BCUT2D eigenvalue weighted by Gasteiger charge is 2.45. The first-order valence-corrected chi connectivity index (χ1v) is 6.97. The molecule has 1 aromatic carbocycles. The Bertz CT molecular complexity index is 416. The molecule has 1 aliphatic heterocycles. The molecular weight excluding hydrogens is 260 g/mol. The number of Topliss-reactive ketones (excluding diaryl/α,β-unsaturated/α-hetero) is 1. The molecule has 1 aliphatic rings. The molecule has 0 fully saturated rings. The topological polar surface area (TPSA) is 66.8 Å². The highest BCUT2D eigenvalue weighted by Crippen LogP contribution is 2.44. The number of thioether (sulfide) groups is 2. The van der Waals surface area contributed by atoms with Crippen LogP contribution in [0.15, 0.2) is 24.3 Å². The maximum atomic E-state index is 12.4. The first-order valence-electron chi connectivity index (χ1n) is 5.00. The molecule has 0 aromatic heterocycles. The molecule has 0 saturated carbocycles. The van der Waals surface area contributed by atoms with Gasteiger partial charge in [0.15, 0.2) is 9.86 Å². The molecule has 2 N–H and O–H groups in total. The van der Waals surface area contributed by atoms with E-state index in [2.05, 4.69) is 0 Å². The third kappa shape index (κ3) is 2.30. The van der Waals surface area contributed by atoms with Gasteiger partial charge in [-0.05, 0) is 12.1 Å². The fraction of sp³-hybridized carbons (Fsp3) is 0.364. The molecule has 0 radical (unpaired) electrons. The van der Waals surface area contributed by atoms with Gasteiger partial charge in [0, 0.05) is 0 Å². The molecule has 1 aromatic rings. The number of rotatable bonds is 4. The van der Waals surface area contributed by atoms with Gasteiger partial charge in [-0.1, -0.05) is 12.1 Å². The van der Waals surface area contributed by atoms with E-state index in [0.29, 0.717) is 11.3 Å². The standard InChI is InChI=1S/C11H12O4S2/c12-6-16-11(17-7-13)5-15-9-4-2-1-3-8(9)10(11)14/h1-4,12-13H,5-7H2. The molecular formula is C11H12O4S2. The van der Waals surface area contributed by atoms with Gasteiger partial charge in [0.25, 0.3) is 0 Å². The van der Waals surface area contributed by atoms with Crippen molar-refractivity contribution in [3.63, 3.8) is 0 Å². The minimum Gasteiger partial charge on any atom is -0.490 e. The number of fused-ring (bicyclic) bond motifs is 1.